The number of allylic oxidation sites excluding steroid dienone is 4. The van der Waals surface area contributed by atoms with E-state index in [1.165, 1.54) is 0 Å². The first kappa shape index (κ1) is 14.8. The first-order valence-corrected chi connectivity index (χ1v) is 6.72. The molecule has 1 aliphatic carbocycles. The summed E-state index contributed by atoms with van der Waals surface area (Å²) in [6.45, 7) is 2.34. The van der Waals surface area contributed by atoms with Gasteiger partial charge in [-0.3, -0.25) is 4.79 Å². The third kappa shape index (κ3) is 3.92. The second-order valence-electron chi connectivity index (χ2n) is 5.23. The summed E-state index contributed by atoms with van der Waals surface area (Å²) in [4.78, 5) is 23.2. The lowest BCUT2D eigenvalue weighted by Crippen LogP contribution is -2.36. The van der Waals surface area contributed by atoms with Gasteiger partial charge in [-0.25, -0.2) is 4.79 Å². The van der Waals surface area contributed by atoms with E-state index in [2.05, 4.69) is 5.32 Å². The minimum absolute atomic E-state index is 0.0244. The van der Waals surface area contributed by atoms with Crippen LogP contribution in [0.1, 0.15) is 17.3 Å². The van der Waals surface area contributed by atoms with Crippen molar-refractivity contribution in [2.45, 2.75) is 6.92 Å². The third-order valence-electron chi connectivity index (χ3n) is 3.34. The molecule has 2 rings (SSSR count). The van der Waals surface area contributed by atoms with Crippen molar-refractivity contribution in [3.8, 4) is 0 Å². The van der Waals surface area contributed by atoms with E-state index < -0.39 is 6.03 Å². The first-order valence-electron chi connectivity index (χ1n) is 6.72. The molecule has 1 unspecified atom stereocenters. The van der Waals surface area contributed by atoms with E-state index >= 15 is 0 Å². The van der Waals surface area contributed by atoms with Crippen LogP contribution in [-0.4, -0.2) is 18.4 Å². The molecular weight excluding hydrogens is 264 g/mol. The van der Waals surface area contributed by atoms with E-state index in [0.29, 0.717) is 17.7 Å². The van der Waals surface area contributed by atoms with Crippen molar-refractivity contribution in [3.63, 3.8) is 0 Å². The molecule has 1 aliphatic rings. The lowest BCUT2D eigenvalue weighted by atomic mass is 9.89. The molecule has 0 heterocycles. The van der Waals surface area contributed by atoms with Crippen LogP contribution in [0.2, 0.25) is 0 Å². The second-order valence-corrected chi connectivity index (χ2v) is 5.23. The van der Waals surface area contributed by atoms with Gasteiger partial charge in [0.05, 0.1) is 0 Å². The number of primary amides is 1. The minimum atomic E-state index is -0.559. The van der Waals surface area contributed by atoms with Crippen LogP contribution in [0.5, 0.6) is 0 Å². The highest BCUT2D eigenvalue weighted by Gasteiger charge is 2.20. The summed E-state index contributed by atoms with van der Waals surface area (Å²) >= 11 is 0. The fourth-order valence-electron chi connectivity index (χ4n) is 2.07. The topological polar surface area (TPSA) is 72.2 Å². The number of hydrogen-bond acceptors (Lipinski definition) is 2. The Morgan fingerprint density at radius 1 is 1.19 bits per heavy atom. The number of urea groups is 1. The highest BCUT2D eigenvalue weighted by Crippen LogP contribution is 2.24. The van der Waals surface area contributed by atoms with E-state index in [0.717, 1.165) is 0 Å². The maximum absolute atomic E-state index is 12.4. The Hall–Kier alpha value is -2.62. The molecule has 4 nitrogen and oxygen atoms in total. The number of ketones is 1. The smallest absolute Gasteiger partial charge is 0.312 e. The monoisotopic (exact) mass is 282 g/mol. The van der Waals surface area contributed by atoms with Crippen LogP contribution in [0.3, 0.4) is 0 Å². The average Bonchev–Trinajstić information content (AvgIpc) is 2.68. The molecule has 0 saturated carbocycles. The minimum Gasteiger partial charge on any atom is -0.352 e. The van der Waals surface area contributed by atoms with Gasteiger partial charge in [-0.1, -0.05) is 67.6 Å². The van der Waals surface area contributed by atoms with Crippen molar-refractivity contribution in [2.24, 2.45) is 11.1 Å². The molecule has 4 heteroatoms. The second kappa shape index (κ2) is 6.22. The zero-order valence-electron chi connectivity index (χ0n) is 11.9. The standard InChI is InChI=1S/C17H18N2O2/c1-17(12-19-16(18)21)10-5-8-14(9-11-17)15(20)13-6-3-2-4-7-13/h2-11H,12H2,1H3,(H3,18,19,21). The zero-order valence-corrected chi connectivity index (χ0v) is 11.9. The van der Waals surface area contributed by atoms with E-state index in [9.17, 15) is 9.59 Å². The zero-order chi connectivity index (χ0) is 15.3. The summed E-state index contributed by atoms with van der Waals surface area (Å²) in [6, 6.07) is 8.57. The Bertz CT molecular complexity index is 629. The molecule has 21 heavy (non-hydrogen) atoms. The Morgan fingerprint density at radius 3 is 2.57 bits per heavy atom. The highest BCUT2D eigenvalue weighted by molar-refractivity contribution is 6.10. The van der Waals surface area contributed by atoms with Crippen molar-refractivity contribution in [2.75, 3.05) is 6.54 Å². The van der Waals surface area contributed by atoms with Crippen molar-refractivity contribution >= 4 is 11.8 Å². The average molecular weight is 282 g/mol. The van der Waals surface area contributed by atoms with Gasteiger partial charge >= 0.3 is 6.03 Å². The largest absolute Gasteiger partial charge is 0.352 e. The summed E-state index contributed by atoms with van der Waals surface area (Å²) in [5.74, 6) is -0.0244. The van der Waals surface area contributed by atoms with E-state index in [4.69, 9.17) is 5.73 Å². The third-order valence-corrected chi connectivity index (χ3v) is 3.34. The van der Waals surface area contributed by atoms with Gasteiger partial charge in [0, 0.05) is 23.1 Å². The lowest BCUT2D eigenvalue weighted by molar-refractivity contribution is 0.103. The Labute approximate surface area is 124 Å². The predicted molar refractivity (Wildman–Crippen MR) is 82.8 cm³/mol. The summed E-state index contributed by atoms with van der Waals surface area (Å²) in [7, 11) is 0. The molecule has 3 N–H and O–H groups in total. The number of nitrogens with two attached hydrogens (primary N) is 1. The van der Waals surface area contributed by atoms with E-state index in [1.807, 2.05) is 43.4 Å². The van der Waals surface area contributed by atoms with Crippen LogP contribution < -0.4 is 11.1 Å². The molecule has 2 amide bonds. The van der Waals surface area contributed by atoms with Crippen molar-refractivity contribution in [3.05, 3.63) is 71.8 Å². The van der Waals surface area contributed by atoms with Gasteiger partial charge in [-0.2, -0.15) is 0 Å². The molecule has 0 spiro atoms. The molecule has 108 valence electrons. The van der Waals surface area contributed by atoms with Crippen LogP contribution in [0.25, 0.3) is 0 Å². The number of benzene rings is 1. The lowest BCUT2D eigenvalue weighted by Gasteiger charge is -2.21. The number of rotatable bonds is 4. The fraction of sp³-hybridized carbons (Fsp3) is 0.176. The van der Waals surface area contributed by atoms with E-state index in [-0.39, 0.29) is 11.2 Å². The fourth-order valence-corrected chi connectivity index (χ4v) is 2.07. The number of hydrogen-bond donors (Lipinski definition) is 2. The van der Waals surface area contributed by atoms with Gasteiger partial charge in [-0.15, -0.1) is 0 Å². The number of nitrogens with one attached hydrogen (secondary N) is 1. The van der Waals surface area contributed by atoms with Crippen LogP contribution >= 0.6 is 0 Å². The summed E-state index contributed by atoms with van der Waals surface area (Å²) in [6.07, 6.45) is 9.24. The van der Waals surface area contributed by atoms with E-state index in [1.54, 1.807) is 24.3 Å². The number of Topliss-reactive ketones (excluding diaryl/α,β-unsaturated/α-hetero) is 1. The molecule has 0 bridgehead atoms. The van der Waals surface area contributed by atoms with Gasteiger partial charge in [0.2, 0.25) is 0 Å². The van der Waals surface area contributed by atoms with Gasteiger partial charge in [-0.05, 0) is 0 Å². The molecule has 0 aromatic heterocycles. The molecule has 0 radical (unpaired) electrons. The molecule has 0 fully saturated rings. The summed E-state index contributed by atoms with van der Waals surface area (Å²) < 4.78 is 0. The number of carbonyl (C=O) groups is 2. The summed E-state index contributed by atoms with van der Waals surface area (Å²) in [5, 5.41) is 2.59. The molecule has 1 aromatic carbocycles. The number of carbonyl (C=O) groups excluding carboxylic acids is 2. The number of amides is 2. The SMILES string of the molecule is CC1(CNC(N)=O)C=CC=C(C(=O)c2ccccc2)C=C1. The molecule has 0 aliphatic heterocycles. The van der Waals surface area contributed by atoms with Crippen molar-refractivity contribution in [1.82, 2.24) is 5.32 Å². The Balaban J connectivity index is 2.15. The van der Waals surface area contributed by atoms with Gasteiger partial charge < -0.3 is 11.1 Å². The van der Waals surface area contributed by atoms with Gasteiger partial charge in [0.1, 0.15) is 0 Å². The normalized spacial score (nSPS) is 20.5. The molecule has 0 saturated heterocycles. The highest BCUT2D eigenvalue weighted by atomic mass is 16.2. The van der Waals surface area contributed by atoms with Crippen LogP contribution in [0, 0.1) is 5.41 Å². The van der Waals surface area contributed by atoms with Crippen LogP contribution in [0.4, 0.5) is 4.79 Å². The Kier molecular flexibility index (Phi) is 4.38. The van der Waals surface area contributed by atoms with Crippen molar-refractivity contribution in [1.29, 1.82) is 0 Å². The quantitative estimate of drug-likeness (QED) is 0.833. The van der Waals surface area contributed by atoms with Crippen LogP contribution in [-0.2, 0) is 0 Å². The van der Waals surface area contributed by atoms with Crippen LogP contribution in [0.15, 0.2) is 66.3 Å². The predicted octanol–water partition coefficient (Wildman–Crippen LogP) is 2.60. The maximum atomic E-state index is 12.4. The Morgan fingerprint density at radius 2 is 1.90 bits per heavy atom. The molecule has 1 atom stereocenters. The first-order chi connectivity index (χ1) is 10.0. The van der Waals surface area contributed by atoms with Gasteiger partial charge in [0.25, 0.3) is 0 Å². The molecular formula is C17H18N2O2. The van der Waals surface area contributed by atoms with Gasteiger partial charge in [0.15, 0.2) is 5.78 Å². The maximum Gasteiger partial charge on any atom is 0.312 e. The summed E-state index contributed by atoms with van der Waals surface area (Å²) in [5.41, 5.74) is 5.99. The molecule has 1 aromatic rings. The van der Waals surface area contributed by atoms with Crippen molar-refractivity contribution < 1.29 is 9.59 Å².